The summed E-state index contributed by atoms with van der Waals surface area (Å²) >= 11 is 0. The molecule has 3 amide bonds. The molecule has 1 heterocycles. The maximum absolute atomic E-state index is 12.5. The minimum Gasteiger partial charge on any atom is -0.322 e. The predicted molar refractivity (Wildman–Crippen MR) is 89.7 cm³/mol. The molecule has 1 aliphatic heterocycles. The van der Waals surface area contributed by atoms with E-state index in [4.69, 9.17) is 0 Å². The fraction of sp³-hybridized carbons (Fsp3) is 0.211. The fourth-order valence-electron chi connectivity index (χ4n) is 2.69. The van der Waals surface area contributed by atoms with Gasteiger partial charge in [-0.3, -0.25) is 14.5 Å². The number of rotatable bonds is 4. The van der Waals surface area contributed by atoms with E-state index in [1.807, 2.05) is 26.0 Å². The zero-order chi connectivity index (χ0) is 17.3. The quantitative estimate of drug-likeness (QED) is 0.695. The molecule has 0 aliphatic carbocycles. The summed E-state index contributed by atoms with van der Waals surface area (Å²) in [4.78, 5) is 38.0. The van der Waals surface area contributed by atoms with Crippen LogP contribution in [0, 0.1) is 13.8 Å². The summed E-state index contributed by atoms with van der Waals surface area (Å²) in [5.41, 5.74) is 3.30. The van der Waals surface area contributed by atoms with Crippen LogP contribution in [0.1, 0.15) is 33.1 Å². The van der Waals surface area contributed by atoms with Gasteiger partial charge in [0.15, 0.2) is 5.78 Å². The van der Waals surface area contributed by atoms with Gasteiger partial charge in [-0.2, -0.15) is 0 Å². The Morgan fingerprint density at radius 3 is 2.42 bits per heavy atom. The molecule has 5 nitrogen and oxygen atoms in total. The number of amides is 3. The third-order valence-corrected chi connectivity index (χ3v) is 4.29. The molecule has 1 atom stereocenters. The molecule has 1 saturated heterocycles. The van der Waals surface area contributed by atoms with Crippen molar-refractivity contribution in [2.75, 3.05) is 6.54 Å². The number of nitrogens with one attached hydrogen (secondary N) is 1. The number of Topliss-reactive ketones (excluding diaryl/α,β-unsaturated/α-hetero) is 1. The van der Waals surface area contributed by atoms with Crippen LogP contribution in [0.2, 0.25) is 0 Å². The van der Waals surface area contributed by atoms with E-state index in [9.17, 15) is 14.4 Å². The summed E-state index contributed by atoms with van der Waals surface area (Å²) in [7, 11) is 0. The molecule has 1 aliphatic rings. The van der Waals surface area contributed by atoms with E-state index in [-0.39, 0.29) is 12.3 Å². The number of benzene rings is 2. The number of ketones is 1. The zero-order valence-corrected chi connectivity index (χ0v) is 13.6. The Hall–Kier alpha value is -2.95. The molecular weight excluding hydrogens is 304 g/mol. The largest absolute Gasteiger partial charge is 0.325 e. The average Bonchev–Trinajstić information content (AvgIpc) is 2.86. The highest BCUT2D eigenvalue weighted by Gasteiger charge is 2.39. The molecule has 0 radical (unpaired) electrons. The first kappa shape index (κ1) is 15.9. The molecule has 1 N–H and O–H groups in total. The lowest BCUT2D eigenvalue weighted by Crippen LogP contribution is -2.35. The first-order chi connectivity index (χ1) is 11.5. The van der Waals surface area contributed by atoms with Crippen LogP contribution < -0.4 is 5.32 Å². The van der Waals surface area contributed by atoms with Crippen molar-refractivity contribution in [3.63, 3.8) is 0 Å². The first-order valence-corrected chi connectivity index (χ1v) is 7.74. The van der Waals surface area contributed by atoms with Gasteiger partial charge in [0.05, 0.1) is 6.54 Å². The highest BCUT2D eigenvalue weighted by atomic mass is 16.2. The number of hydrogen-bond donors (Lipinski definition) is 1. The van der Waals surface area contributed by atoms with Gasteiger partial charge in [-0.1, -0.05) is 42.5 Å². The second kappa shape index (κ2) is 6.28. The lowest BCUT2D eigenvalue weighted by Gasteiger charge is -2.13. The number of carbonyl (C=O) groups excluding carboxylic acids is 3. The van der Waals surface area contributed by atoms with Gasteiger partial charge in [-0.25, -0.2) is 4.79 Å². The van der Waals surface area contributed by atoms with Crippen LogP contribution in [0.25, 0.3) is 0 Å². The van der Waals surface area contributed by atoms with Crippen molar-refractivity contribution < 1.29 is 14.4 Å². The van der Waals surface area contributed by atoms with Crippen molar-refractivity contribution in [3.05, 3.63) is 70.8 Å². The van der Waals surface area contributed by atoms with Crippen LogP contribution in [0.4, 0.5) is 4.79 Å². The van der Waals surface area contributed by atoms with E-state index in [0.717, 1.165) is 16.0 Å². The minimum atomic E-state index is -0.730. The van der Waals surface area contributed by atoms with Crippen molar-refractivity contribution in [1.29, 1.82) is 0 Å². The van der Waals surface area contributed by atoms with Gasteiger partial charge in [-0.15, -0.1) is 0 Å². The molecule has 2 aromatic carbocycles. The Kier molecular flexibility index (Phi) is 4.16. The van der Waals surface area contributed by atoms with Crippen molar-refractivity contribution >= 4 is 17.7 Å². The molecule has 2 aromatic rings. The first-order valence-electron chi connectivity index (χ1n) is 7.74. The van der Waals surface area contributed by atoms with Gasteiger partial charge in [0.1, 0.15) is 6.04 Å². The molecular formula is C19H18N2O3. The second-order valence-electron chi connectivity index (χ2n) is 5.94. The van der Waals surface area contributed by atoms with Crippen LogP contribution in [0.5, 0.6) is 0 Å². The van der Waals surface area contributed by atoms with Crippen molar-refractivity contribution in [2.24, 2.45) is 0 Å². The topological polar surface area (TPSA) is 66.5 Å². The fourth-order valence-corrected chi connectivity index (χ4v) is 2.69. The summed E-state index contributed by atoms with van der Waals surface area (Å²) in [5, 5.41) is 2.63. The van der Waals surface area contributed by atoms with Crippen LogP contribution in [-0.4, -0.2) is 29.2 Å². The lowest BCUT2D eigenvalue weighted by molar-refractivity contribution is -0.127. The van der Waals surface area contributed by atoms with E-state index in [0.29, 0.717) is 11.1 Å². The Balaban J connectivity index is 1.77. The Labute approximate surface area is 140 Å². The molecule has 0 spiro atoms. The maximum Gasteiger partial charge on any atom is 0.325 e. The number of imide groups is 1. The molecule has 1 fully saturated rings. The van der Waals surface area contributed by atoms with Crippen molar-refractivity contribution in [2.45, 2.75) is 19.9 Å². The molecule has 0 aromatic heterocycles. The van der Waals surface area contributed by atoms with Gasteiger partial charge in [0.25, 0.3) is 5.91 Å². The molecule has 3 rings (SSSR count). The van der Waals surface area contributed by atoms with E-state index >= 15 is 0 Å². The molecule has 1 unspecified atom stereocenters. The SMILES string of the molecule is Cc1ccc(C(=O)CN2C(=O)NC(c3ccccc3)C2=O)cc1C. The average molecular weight is 322 g/mol. The van der Waals surface area contributed by atoms with Crippen LogP contribution in [0.15, 0.2) is 48.5 Å². The monoisotopic (exact) mass is 322 g/mol. The van der Waals surface area contributed by atoms with Gasteiger partial charge in [0.2, 0.25) is 0 Å². The third-order valence-electron chi connectivity index (χ3n) is 4.29. The lowest BCUT2D eigenvalue weighted by atomic mass is 10.0. The van der Waals surface area contributed by atoms with Gasteiger partial charge < -0.3 is 5.32 Å². The normalized spacial score (nSPS) is 17.1. The highest BCUT2D eigenvalue weighted by molar-refractivity contribution is 6.09. The maximum atomic E-state index is 12.5. The zero-order valence-electron chi connectivity index (χ0n) is 13.6. The number of hydrogen-bond acceptors (Lipinski definition) is 3. The van der Waals surface area contributed by atoms with E-state index in [1.54, 1.807) is 36.4 Å². The number of carbonyl (C=O) groups is 3. The number of urea groups is 1. The van der Waals surface area contributed by atoms with Crippen LogP contribution >= 0.6 is 0 Å². The summed E-state index contributed by atoms with van der Waals surface area (Å²) in [6.45, 7) is 3.63. The second-order valence-corrected chi connectivity index (χ2v) is 5.94. The summed E-state index contributed by atoms with van der Waals surface area (Å²) in [5.74, 6) is -0.654. The minimum absolute atomic E-state index is 0.253. The smallest absolute Gasteiger partial charge is 0.322 e. The molecule has 0 saturated carbocycles. The Bertz CT molecular complexity index is 815. The summed E-state index contributed by atoms with van der Waals surface area (Å²) in [6.07, 6.45) is 0. The van der Waals surface area contributed by atoms with Crippen LogP contribution in [0.3, 0.4) is 0 Å². The highest BCUT2D eigenvalue weighted by Crippen LogP contribution is 2.22. The van der Waals surface area contributed by atoms with Crippen LogP contribution in [-0.2, 0) is 4.79 Å². The number of aryl methyl sites for hydroxylation is 2. The predicted octanol–water partition coefficient (Wildman–Crippen LogP) is 2.78. The third kappa shape index (κ3) is 2.93. The number of nitrogens with zero attached hydrogens (tertiary/aromatic N) is 1. The van der Waals surface area contributed by atoms with Gasteiger partial charge in [0, 0.05) is 5.56 Å². The molecule has 0 bridgehead atoms. The Morgan fingerprint density at radius 1 is 1.04 bits per heavy atom. The van der Waals surface area contributed by atoms with E-state index in [1.165, 1.54) is 0 Å². The van der Waals surface area contributed by atoms with E-state index < -0.39 is 18.0 Å². The molecule has 24 heavy (non-hydrogen) atoms. The van der Waals surface area contributed by atoms with E-state index in [2.05, 4.69) is 5.32 Å². The van der Waals surface area contributed by atoms with Crippen molar-refractivity contribution in [1.82, 2.24) is 10.2 Å². The summed E-state index contributed by atoms with van der Waals surface area (Å²) in [6, 6.07) is 13.1. The van der Waals surface area contributed by atoms with Gasteiger partial charge in [-0.05, 0) is 36.6 Å². The molecule has 5 heteroatoms. The molecule has 122 valence electrons. The Morgan fingerprint density at radius 2 is 1.75 bits per heavy atom. The standard InChI is InChI=1S/C19H18N2O3/c1-12-8-9-15(10-13(12)2)16(22)11-21-18(23)17(20-19(21)24)14-6-4-3-5-7-14/h3-10,17H,11H2,1-2H3,(H,20,24). The van der Waals surface area contributed by atoms with Crippen molar-refractivity contribution in [3.8, 4) is 0 Å². The van der Waals surface area contributed by atoms with Gasteiger partial charge >= 0.3 is 6.03 Å². The summed E-state index contributed by atoms with van der Waals surface area (Å²) < 4.78 is 0.